The molecule has 1 aromatic rings. The van der Waals surface area contributed by atoms with Crippen LogP contribution in [0.3, 0.4) is 0 Å². The maximum atomic E-state index is 5.58. The van der Waals surface area contributed by atoms with Crippen LogP contribution in [0.15, 0.2) is 16.6 Å². The number of benzene rings is 1. The molecule has 0 heterocycles. The maximum absolute atomic E-state index is 5.58. The molecule has 0 aliphatic rings. The molecule has 0 unspecified atom stereocenters. The van der Waals surface area contributed by atoms with Gasteiger partial charge in [0.25, 0.3) is 0 Å². The highest BCUT2D eigenvalue weighted by Crippen LogP contribution is 2.36. The Kier molecular flexibility index (Phi) is 8.73. The average molecular weight is 360 g/mol. The van der Waals surface area contributed by atoms with Crippen molar-refractivity contribution >= 4 is 15.9 Å². The first-order chi connectivity index (χ1) is 10.1. The fourth-order valence-electron chi connectivity index (χ4n) is 1.91. The van der Waals surface area contributed by atoms with Crippen molar-refractivity contribution in [1.29, 1.82) is 0 Å². The van der Waals surface area contributed by atoms with Crippen LogP contribution in [-0.2, 0) is 11.3 Å². The Labute approximate surface area is 136 Å². The highest BCUT2D eigenvalue weighted by Gasteiger charge is 2.10. The second kappa shape index (κ2) is 10.0. The number of hydrogen-bond donors (Lipinski definition) is 1. The van der Waals surface area contributed by atoms with Gasteiger partial charge in [-0.15, -0.1) is 0 Å². The molecule has 0 radical (unpaired) electrons. The lowest BCUT2D eigenvalue weighted by atomic mass is 10.2. The van der Waals surface area contributed by atoms with E-state index in [4.69, 9.17) is 14.2 Å². The van der Waals surface area contributed by atoms with Crippen molar-refractivity contribution in [2.45, 2.75) is 39.8 Å². The van der Waals surface area contributed by atoms with Gasteiger partial charge in [-0.1, -0.05) is 0 Å². The van der Waals surface area contributed by atoms with Gasteiger partial charge >= 0.3 is 0 Å². The van der Waals surface area contributed by atoms with Gasteiger partial charge in [-0.25, -0.2) is 0 Å². The predicted molar refractivity (Wildman–Crippen MR) is 89.3 cm³/mol. The second-order valence-electron chi connectivity index (χ2n) is 4.99. The van der Waals surface area contributed by atoms with E-state index >= 15 is 0 Å². The Balaban J connectivity index is 2.47. The summed E-state index contributed by atoms with van der Waals surface area (Å²) in [4.78, 5) is 0. The van der Waals surface area contributed by atoms with Crippen LogP contribution < -0.4 is 14.8 Å². The average Bonchev–Trinajstić information content (AvgIpc) is 2.44. The SMILES string of the molecule is CCOc1c(Br)cc(CNCCCOC(C)C)cc1OC. The van der Waals surface area contributed by atoms with Gasteiger partial charge in [0, 0.05) is 13.2 Å². The molecule has 0 aliphatic carbocycles. The van der Waals surface area contributed by atoms with Crippen molar-refractivity contribution in [3.63, 3.8) is 0 Å². The van der Waals surface area contributed by atoms with Gasteiger partial charge in [0.15, 0.2) is 11.5 Å². The van der Waals surface area contributed by atoms with E-state index in [1.807, 2.05) is 13.0 Å². The van der Waals surface area contributed by atoms with E-state index in [1.165, 1.54) is 0 Å². The summed E-state index contributed by atoms with van der Waals surface area (Å²) in [6.07, 6.45) is 1.31. The Hall–Kier alpha value is -0.780. The summed E-state index contributed by atoms with van der Waals surface area (Å²) in [6.45, 7) is 9.20. The number of nitrogens with one attached hydrogen (secondary N) is 1. The highest BCUT2D eigenvalue weighted by molar-refractivity contribution is 9.10. The number of rotatable bonds is 10. The van der Waals surface area contributed by atoms with Gasteiger partial charge in [-0.05, 0) is 67.4 Å². The molecule has 4 nitrogen and oxygen atoms in total. The van der Waals surface area contributed by atoms with E-state index < -0.39 is 0 Å². The standard InChI is InChI=1S/C16H26BrNO3/c1-5-20-16-14(17)9-13(10-15(16)19-4)11-18-7-6-8-21-12(2)3/h9-10,12,18H,5-8,11H2,1-4H3. The minimum Gasteiger partial charge on any atom is -0.493 e. The molecule has 0 fully saturated rings. The zero-order valence-corrected chi connectivity index (χ0v) is 15.0. The van der Waals surface area contributed by atoms with E-state index in [1.54, 1.807) is 7.11 Å². The molecular formula is C16H26BrNO3. The summed E-state index contributed by atoms with van der Waals surface area (Å²) in [5.41, 5.74) is 1.16. The first kappa shape index (κ1) is 18.3. The normalized spacial score (nSPS) is 11.0. The van der Waals surface area contributed by atoms with Crippen LogP contribution in [0.5, 0.6) is 11.5 Å². The van der Waals surface area contributed by atoms with E-state index in [-0.39, 0.29) is 0 Å². The topological polar surface area (TPSA) is 39.7 Å². The molecule has 120 valence electrons. The van der Waals surface area contributed by atoms with E-state index in [2.05, 4.69) is 41.2 Å². The lowest BCUT2D eigenvalue weighted by molar-refractivity contribution is 0.0770. The van der Waals surface area contributed by atoms with E-state index in [9.17, 15) is 0 Å². The number of methoxy groups -OCH3 is 1. The van der Waals surface area contributed by atoms with Gasteiger partial charge in [0.1, 0.15) is 0 Å². The molecule has 0 amide bonds. The molecule has 0 spiro atoms. The van der Waals surface area contributed by atoms with Crippen molar-refractivity contribution in [3.8, 4) is 11.5 Å². The van der Waals surface area contributed by atoms with Crippen molar-refractivity contribution in [2.24, 2.45) is 0 Å². The monoisotopic (exact) mass is 359 g/mol. The van der Waals surface area contributed by atoms with Crippen molar-refractivity contribution < 1.29 is 14.2 Å². The molecule has 1 rings (SSSR count). The maximum Gasteiger partial charge on any atom is 0.175 e. The van der Waals surface area contributed by atoms with Crippen molar-refractivity contribution in [2.75, 3.05) is 26.9 Å². The first-order valence-corrected chi connectivity index (χ1v) is 8.19. The molecular weight excluding hydrogens is 334 g/mol. The zero-order valence-electron chi connectivity index (χ0n) is 13.4. The summed E-state index contributed by atoms with van der Waals surface area (Å²) in [5, 5.41) is 3.41. The largest absolute Gasteiger partial charge is 0.493 e. The fourth-order valence-corrected chi connectivity index (χ4v) is 2.51. The quantitative estimate of drug-likeness (QED) is 0.645. The van der Waals surface area contributed by atoms with Crippen molar-refractivity contribution in [3.05, 3.63) is 22.2 Å². The molecule has 0 atom stereocenters. The highest BCUT2D eigenvalue weighted by atomic mass is 79.9. The van der Waals surface area contributed by atoms with Crippen LogP contribution in [0.1, 0.15) is 32.8 Å². The lowest BCUT2D eigenvalue weighted by Gasteiger charge is -2.14. The van der Waals surface area contributed by atoms with Crippen molar-refractivity contribution in [1.82, 2.24) is 5.32 Å². The van der Waals surface area contributed by atoms with Crippen LogP contribution in [0.2, 0.25) is 0 Å². The van der Waals surface area contributed by atoms with E-state index in [0.29, 0.717) is 12.7 Å². The third-order valence-electron chi connectivity index (χ3n) is 2.86. The van der Waals surface area contributed by atoms with Gasteiger partial charge < -0.3 is 19.5 Å². The fraction of sp³-hybridized carbons (Fsp3) is 0.625. The van der Waals surface area contributed by atoms with Crippen LogP contribution >= 0.6 is 15.9 Å². The molecule has 21 heavy (non-hydrogen) atoms. The van der Waals surface area contributed by atoms with Crippen LogP contribution in [0, 0.1) is 0 Å². The Morgan fingerprint density at radius 3 is 2.67 bits per heavy atom. The van der Waals surface area contributed by atoms with Gasteiger partial charge in [-0.3, -0.25) is 0 Å². The van der Waals surface area contributed by atoms with E-state index in [0.717, 1.165) is 47.7 Å². The number of halogens is 1. The summed E-state index contributed by atoms with van der Waals surface area (Å²) in [7, 11) is 1.66. The summed E-state index contributed by atoms with van der Waals surface area (Å²) >= 11 is 3.54. The first-order valence-electron chi connectivity index (χ1n) is 7.40. The molecule has 5 heteroatoms. The van der Waals surface area contributed by atoms with Crippen LogP contribution in [0.25, 0.3) is 0 Å². The Bertz CT molecular complexity index is 424. The third kappa shape index (κ3) is 6.68. The smallest absolute Gasteiger partial charge is 0.175 e. The molecule has 1 N–H and O–H groups in total. The second-order valence-corrected chi connectivity index (χ2v) is 5.85. The Morgan fingerprint density at radius 1 is 1.29 bits per heavy atom. The van der Waals surface area contributed by atoms with Crippen LogP contribution in [-0.4, -0.2) is 33.0 Å². The van der Waals surface area contributed by atoms with Gasteiger partial charge in [-0.2, -0.15) is 0 Å². The minimum atomic E-state index is 0.302. The third-order valence-corrected chi connectivity index (χ3v) is 3.45. The molecule has 0 bridgehead atoms. The number of ether oxygens (including phenoxy) is 3. The minimum absolute atomic E-state index is 0.302. The lowest BCUT2D eigenvalue weighted by Crippen LogP contribution is -2.17. The molecule has 0 saturated heterocycles. The van der Waals surface area contributed by atoms with Gasteiger partial charge in [0.05, 0.1) is 24.3 Å². The van der Waals surface area contributed by atoms with Gasteiger partial charge in [0.2, 0.25) is 0 Å². The summed E-state index contributed by atoms with van der Waals surface area (Å²) in [5.74, 6) is 1.51. The number of hydrogen-bond acceptors (Lipinski definition) is 4. The molecule has 1 aromatic carbocycles. The molecule has 0 aliphatic heterocycles. The summed E-state index contributed by atoms with van der Waals surface area (Å²) in [6, 6.07) is 4.07. The molecule has 0 saturated carbocycles. The predicted octanol–water partition coefficient (Wildman–Crippen LogP) is 3.76. The zero-order chi connectivity index (χ0) is 15.7. The summed E-state index contributed by atoms with van der Waals surface area (Å²) < 4.78 is 17.4. The Morgan fingerprint density at radius 2 is 2.05 bits per heavy atom. The van der Waals surface area contributed by atoms with Crippen LogP contribution in [0.4, 0.5) is 0 Å². The molecule has 0 aromatic heterocycles.